The van der Waals surface area contributed by atoms with Crippen molar-refractivity contribution >= 4 is 11.9 Å². The highest BCUT2D eigenvalue weighted by atomic mass is 16.5. The quantitative estimate of drug-likeness (QED) is 0.883. The van der Waals surface area contributed by atoms with Crippen molar-refractivity contribution in [2.75, 3.05) is 6.61 Å². The molecule has 0 spiro atoms. The Balaban J connectivity index is 1.59. The lowest BCUT2D eigenvalue weighted by Crippen LogP contribution is -2.34. The van der Waals surface area contributed by atoms with Crippen LogP contribution < -0.4 is 10.1 Å². The van der Waals surface area contributed by atoms with Gasteiger partial charge in [-0.05, 0) is 42.5 Å². The van der Waals surface area contributed by atoms with Crippen LogP contribution in [0.25, 0.3) is 0 Å². The van der Waals surface area contributed by atoms with Crippen LogP contribution in [0.1, 0.15) is 46.1 Å². The van der Waals surface area contributed by atoms with Crippen molar-refractivity contribution in [3.05, 3.63) is 46.8 Å². The lowest BCUT2D eigenvalue weighted by molar-refractivity contribution is -0.139. The number of nitrogens with one attached hydrogen (secondary N) is 1. The zero-order valence-corrected chi connectivity index (χ0v) is 13.7. The number of carbonyl (C=O) groups excluding carboxylic acids is 1. The average molecular weight is 341 g/mol. The fraction of sp³-hybridized carbons (Fsp3) is 0.389. The van der Waals surface area contributed by atoms with E-state index in [1.807, 2.05) is 4.68 Å². The number of aliphatic carboxylic acids is 1. The number of nitrogens with zero attached hydrogens (tertiary/aromatic N) is 2. The minimum absolute atomic E-state index is 0.396. The second-order valence-electron chi connectivity index (χ2n) is 6.40. The van der Waals surface area contributed by atoms with E-state index >= 15 is 0 Å². The first-order valence-corrected chi connectivity index (χ1v) is 8.47. The number of rotatable bonds is 4. The first-order valence-electron chi connectivity index (χ1n) is 8.47. The smallest absolute Gasteiger partial charge is 0.330 e. The van der Waals surface area contributed by atoms with Crippen LogP contribution in [0.3, 0.4) is 0 Å². The molecular weight excluding hydrogens is 322 g/mol. The van der Waals surface area contributed by atoms with E-state index < -0.39 is 17.9 Å². The van der Waals surface area contributed by atoms with Gasteiger partial charge >= 0.3 is 5.97 Å². The Bertz CT molecular complexity index is 843. The predicted molar refractivity (Wildman–Crippen MR) is 88.6 cm³/mol. The highest BCUT2D eigenvalue weighted by Crippen LogP contribution is 2.28. The number of hydrogen-bond donors (Lipinski definition) is 2. The van der Waals surface area contributed by atoms with Crippen molar-refractivity contribution in [2.24, 2.45) is 0 Å². The number of carboxylic acids is 1. The molecule has 4 rings (SSSR count). The third-order valence-electron chi connectivity index (χ3n) is 4.80. The summed E-state index contributed by atoms with van der Waals surface area (Å²) in [6, 6.07) is 4.16. The minimum atomic E-state index is -1.10. The van der Waals surface area contributed by atoms with E-state index in [-0.39, 0.29) is 0 Å². The van der Waals surface area contributed by atoms with Crippen LogP contribution in [0.2, 0.25) is 0 Å². The Labute approximate surface area is 144 Å². The molecule has 130 valence electrons. The summed E-state index contributed by atoms with van der Waals surface area (Å²) in [6.45, 7) is 1.40. The summed E-state index contributed by atoms with van der Waals surface area (Å²) in [7, 11) is 0. The lowest BCUT2D eigenvalue weighted by Gasteiger charge is -2.17. The van der Waals surface area contributed by atoms with Crippen LogP contribution in [0.4, 0.5) is 0 Å². The number of ether oxygens (including phenoxy) is 1. The number of amides is 1. The highest BCUT2D eigenvalue weighted by Gasteiger charge is 2.27. The highest BCUT2D eigenvalue weighted by molar-refractivity contribution is 5.97. The van der Waals surface area contributed by atoms with E-state index in [4.69, 9.17) is 4.74 Å². The molecule has 2 aliphatic heterocycles. The zero-order valence-electron chi connectivity index (χ0n) is 13.7. The standard InChI is InChI=1S/C18H19N3O4/c22-17(13-10-19-21-7-2-1-3-14(13)21)20-16(18(23)24)12-4-5-15-11(9-12)6-8-25-15/h4-5,9-10,16H,1-3,6-8H2,(H,20,22)(H,23,24)/t16-/m0/s1. The van der Waals surface area contributed by atoms with Gasteiger partial charge in [-0.15, -0.1) is 0 Å². The van der Waals surface area contributed by atoms with Crippen LogP contribution >= 0.6 is 0 Å². The molecular formula is C18H19N3O4. The number of fused-ring (bicyclic) bond motifs is 2. The molecule has 0 aliphatic carbocycles. The molecule has 0 saturated heterocycles. The largest absolute Gasteiger partial charge is 0.493 e. The minimum Gasteiger partial charge on any atom is -0.493 e. The van der Waals surface area contributed by atoms with Crippen LogP contribution in [-0.4, -0.2) is 33.4 Å². The molecule has 7 heteroatoms. The van der Waals surface area contributed by atoms with Gasteiger partial charge in [-0.2, -0.15) is 5.10 Å². The van der Waals surface area contributed by atoms with Crippen molar-refractivity contribution in [3.8, 4) is 5.75 Å². The number of aromatic nitrogens is 2. The SMILES string of the molecule is O=C(N[C@H](C(=O)O)c1ccc2c(c1)CCO2)c1cnn2c1CCCC2. The first kappa shape index (κ1) is 15.7. The Kier molecular flexibility index (Phi) is 3.91. The number of hydrogen-bond acceptors (Lipinski definition) is 4. The molecule has 3 heterocycles. The maximum Gasteiger partial charge on any atom is 0.330 e. The molecule has 2 N–H and O–H groups in total. The Hall–Kier alpha value is -2.83. The van der Waals surface area contributed by atoms with Gasteiger partial charge in [0, 0.05) is 13.0 Å². The van der Waals surface area contributed by atoms with Gasteiger partial charge in [0.05, 0.1) is 24.1 Å². The topological polar surface area (TPSA) is 93.5 Å². The van der Waals surface area contributed by atoms with Crippen molar-refractivity contribution in [2.45, 2.75) is 38.3 Å². The molecule has 0 saturated carbocycles. The number of aryl methyl sites for hydroxylation is 1. The molecule has 1 aromatic heterocycles. The molecule has 7 nitrogen and oxygen atoms in total. The van der Waals surface area contributed by atoms with Gasteiger partial charge in [0.15, 0.2) is 6.04 Å². The van der Waals surface area contributed by atoms with Crippen molar-refractivity contribution in [3.63, 3.8) is 0 Å². The van der Waals surface area contributed by atoms with E-state index in [9.17, 15) is 14.7 Å². The summed E-state index contributed by atoms with van der Waals surface area (Å²) in [5, 5.41) is 16.5. The van der Waals surface area contributed by atoms with E-state index in [0.717, 1.165) is 49.2 Å². The van der Waals surface area contributed by atoms with Gasteiger partial charge in [0.25, 0.3) is 5.91 Å². The summed E-state index contributed by atoms with van der Waals surface area (Å²) < 4.78 is 7.28. The Morgan fingerprint density at radius 2 is 2.16 bits per heavy atom. The van der Waals surface area contributed by atoms with Crippen LogP contribution in [0.15, 0.2) is 24.4 Å². The first-order chi connectivity index (χ1) is 12.1. The Morgan fingerprint density at radius 3 is 3.00 bits per heavy atom. The Morgan fingerprint density at radius 1 is 1.28 bits per heavy atom. The number of carboxylic acid groups (broad SMARTS) is 1. The molecule has 25 heavy (non-hydrogen) atoms. The predicted octanol–water partition coefficient (Wildman–Crippen LogP) is 1.71. The van der Waals surface area contributed by atoms with Crippen molar-refractivity contribution in [1.82, 2.24) is 15.1 Å². The maximum atomic E-state index is 12.6. The maximum absolute atomic E-state index is 12.6. The molecule has 0 bridgehead atoms. The van der Waals surface area contributed by atoms with Gasteiger partial charge in [0.2, 0.25) is 0 Å². The number of carbonyl (C=O) groups is 2. The molecule has 0 unspecified atom stereocenters. The molecule has 0 fully saturated rings. The van der Waals surface area contributed by atoms with E-state index in [1.54, 1.807) is 18.2 Å². The second kappa shape index (κ2) is 6.23. The summed E-state index contributed by atoms with van der Waals surface area (Å²) >= 11 is 0. The third-order valence-corrected chi connectivity index (χ3v) is 4.80. The van der Waals surface area contributed by atoms with Crippen LogP contribution in [0.5, 0.6) is 5.75 Å². The second-order valence-corrected chi connectivity index (χ2v) is 6.40. The van der Waals surface area contributed by atoms with Gasteiger partial charge in [0.1, 0.15) is 5.75 Å². The normalized spacial score (nSPS) is 16.5. The van der Waals surface area contributed by atoms with Crippen LogP contribution in [0, 0.1) is 0 Å². The zero-order chi connectivity index (χ0) is 17.4. The summed E-state index contributed by atoms with van der Waals surface area (Å²) in [5.74, 6) is -0.703. The fourth-order valence-corrected chi connectivity index (χ4v) is 3.49. The molecule has 1 amide bonds. The third kappa shape index (κ3) is 2.86. The van der Waals surface area contributed by atoms with Crippen LogP contribution in [-0.2, 0) is 24.2 Å². The summed E-state index contributed by atoms with van der Waals surface area (Å²) in [6.07, 6.45) is 5.13. The molecule has 1 aromatic carbocycles. The number of benzene rings is 1. The molecule has 1 atom stereocenters. The van der Waals surface area contributed by atoms with Gasteiger partial charge in [-0.3, -0.25) is 9.48 Å². The summed E-state index contributed by atoms with van der Waals surface area (Å²) in [5.41, 5.74) is 2.87. The summed E-state index contributed by atoms with van der Waals surface area (Å²) in [4.78, 5) is 24.4. The van der Waals surface area contributed by atoms with E-state index in [0.29, 0.717) is 17.7 Å². The monoisotopic (exact) mass is 341 g/mol. The van der Waals surface area contributed by atoms with E-state index in [2.05, 4.69) is 10.4 Å². The molecule has 2 aliphatic rings. The van der Waals surface area contributed by atoms with Gasteiger partial charge < -0.3 is 15.2 Å². The average Bonchev–Trinajstić information content (AvgIpc) is 3.25. The lowest BCUT2D eigenvalue weighted by atomic mass is 10.0. The van der Waals surface area contributed by atoms with E-state index in [1.165, 1.54) is 6.20 Å². The fourth-order valence-electron chi connectivity index (χ4n) is 3.49. The van der Waals surface area contributed by atoms with Gasteiger partial charge in [-0.25, -0.2) is 4.79 Å². The molecule has 0 radical (unpaired) electrons. The van der Waals surface area contributed by atoms with Crippen molar-refractivity contribution in [1.29, 1.82) is 0 Å². The van der Waals surface area contributed by atoms with Crippen molar-refractivity contribution < 1.29 is 19.4 Å². The van der Waals surface area contributed by atoms with Gasteiger partial charge in [-0.1, -0.05) is 6.07 Å². The molecule has 2 aromatic rings.